The van der Waals surface area contributed by atoms with E-state index < -0.39 is 29.6 Å². The van der Waals surface area contributed by atoms with E-state index in [1.165, 1.54) is 12.1 Å². The van der Waals surface area contributed by atoms with Crippen molar-refractivity contribution in [2.24, 2.45) is 0 Å². The van der Waals surface area contributed by atoms with Gasteiger partial charge in [0.2, 0.25) is 5.91 Å². The second kappa shape index (κ2) is 12.3. The smallest absolute Gasteiger partial charge is 0.416 e. The highest BCUT2D eigenvalue weighted by atomic mass is 32.1. The first-order valence-electron chi connectivity index (χ1n) is 12.6. The number of thiocarbonyl (C=S) groups is 1. The second-order valence-corrected chi connectivity index (χ2v) is 9.38. The molecule has 1 aliphatic heterocycles. The molecule has 2 amide bonds. The number of hydrogen-bond acceptors (Lipinski definition) is 4. The summed E-state index contributed by atoms with van der Waals surface area (Å²) < 4.78 is 45.5. The molecule has 1 fully saturated rings. The standard InChI is InChI=1S/C29H28F3N3O3S/c1-2-38-24-15-13-22(14-16-24)33-26(36)19-25-27(37)35(23-12-6-11-21(18-23)29(30,31)32)28(39)34(25)17-7-10-20-8-4-3-5-9-20/h3-6,8-9,11-16,18,25H,2,7,10,17,19H2,1H3,(H,33,36). The molecule has 39 heavy (non-hydrogen) atoms. The number of aryl methyl sites for hydroxylation is 1. The highest BCUT2D eigenvalue weighted by Crippen LogP contribution is 2.34. The van der Waals surface area contributed by atoms with Gasteiger partial charge in [0.1, 0.15) is 11.8 Å². The number of alkyl halides is 3. The Morgan fingerprint density at radius 3 is 2.41 bits per heavy atom. The van der Waals surface area contributed by atoms with Gasteiger partial charge in [-0.25, -0.2) is 0 Å². The summed E-state index contributed by atoms with van der Waals surface area (Å²) in [6.45, 7) is 2.74. The molecule has 4 rings (SSSR count). The Kier molecular flexibility index (Phi) is 8.86. The number of halogens is 3. The predicted octanol–water partition coefficient (Wildman–Crippen LogP) is 6.07. The van der Waals surface area contributed by atoms with Crippen LogP contribution in [0.5, 0.6) is 5.75 Å². The van der Waals surface area contributed by atoms with Crippen LogP contribution in [0.25, 0.3) is 0 Å². The van der Waals surface area contributed by atoms with Crippen molar-refractivity contribution >= 4 is 40.5 Å². The van der Waals surface area contributed by atoms with Crippen LogP contribution in [-0.2, 0) is 22.2 Å². The van der Waals surface area contributed by atoms with E-state index in [-0.39, 0.29) is 17.2 Å². The summed E-state index contributed by atoms with van der Waals surface area (Å²) in [6.07, 6.45) is -3.45. The van der Waals surface area contributed by atoms with E-state index in [1.807, 2.05) is 37.3 Å². The molecule has 1 atom stereocenters. The molecule has 0 radical (unpaired) electrons. The number of carbonyl (C=O) groups excluding carboxylic acids is 2. The van der Waals surface area contributed by atoms with Crippen LogP contribution >= 0.6 is 12.2 Å². The lowest BCUT2D eigenvalue weighted by atomic mass is 10.1. The summed E-state index contributed by atoms with van der Waals surface area (Å²) in [5.41, 5.74) is 0.764. The number of hydrogen-bond donors (Lipinski definition) is 1. The fourth-order valence-electron chi connectivity index (χ4n) is 4.43. The first-order chi connectivity index (χ1) is 18.7. The van der Waals surface area contributed by atoms with E-state index in [1.54, 1.807) is 29.2 Å². The maximum atomic E-state index is 13.5. The maximum Gasteiger partial charge on any atom is 0.416 e. The molecule has 0 bridgehead atoms. The lowest BCUT2D eigenvalue weighted by Crippen LogP contribution is -2.38. The van der Waals surface area contributed by atoms with Crippen LogP contribution in [0.1, 0.15) is 30.9 Å². The van der Waals surface area contributed by atoms with Crippen LogP contribution in [0.15, 0.2) is 78.9 Å². The van der Waals surface area contributed by atoms with Crippen LogP contribution in [0.2, 0.25) is 0 Å². The third kappa shape index (κ3) is 6.94. The zero-order valence-electron chi connectivity index (χ0n) is 21.3. The van der Waals surface area contributed by atoms with Gasteiger partial charge in [0.25, 0.3) is 5.91 Å². The summed E-state index contributed by atoms with van der Waals surface area (Å²) in [5, 5.41) is 2.85. The normalized spacial score (nSPS) is 15.5. The minimum Gasteiger partial charge on any atom is -0.494 e. The third-order valence-electron chi connectivity index (χ3n) is 6.29. The van der Waals surface area contributed by atoms with Crippen molar-refractivity contribution in [2.75, 3.05) is 23.4 Å². The maximum absolute atomic E-state index is 13.5. The van der Waals surface area contributed by atoms with Crippen LogP contribution in [0, 0.1) is 0 Å². The van der Waals surface area contributed by atoms with Crippen molar-refractivity contribution in [1.29, 1.82) is 0 Å². The van der Waals surface area contributed by atoms with Gasteiger partial charge in [0.05, 0.1) is 24.3 Å². The molecular weight excluding hydrogens is 527 g/mol. The number of nitrogens with zero attached hydrogens (tertiary/aromatic N) is 2. The Labute approximate surface area is 230 Å². The van der Waals surface area contributed by atoms with E-state index in [0.29, 0.717) is 37.4 Å². The molecule has 3 aromatic rings. The number of rotatable bonds is 10. The summed E-state index contributed by atoms with van der Waals surface area (Å²) in [7, 11) is 0. The molecule has 1 N–H and O–H groups in total. The van der Waals surface area contributed by atoms with Gasteiger partial charge in [-0.1, -0.05) is 36.4 Å². The van der Waals surface area contributed by atoms with Gasteiger partial charge < -0.3 is 15.0 Å². The summed E-state index contributed by atoms with van der Waals surface area (Å²) in [6, 6.07) is 20.1. The van der Waals surface area contributed by atoms with E-state index in [4.69, 9.17) is 17.0 Å². The number of ether oxygens (including phenoxy) is 1. The highest BCUT2D eigenvalue weighted by molar-refractivity contribution is 7.80. The third-order valence-corrected chi connectivity index (χ3v) is 6.70. The minimum absolute atomic E-state index is 0.0160. The van der Waals surface area contributed by atoms with Crippen molar-refractivity contribution in [1.82, 2.24) is 4.90 Å². The summed E-state index contributed by atoms with van der Waals surface area (Å²) in [5.74, 6) is -0.298. The van der Waals surface area contributed by atoms with E-state index in [0.717, 1.165) is 22.6 Å². The largest absolute Gasteiger partial charge is 0.494 e. The topological polar surface area (TPSA) is 61.9 Å². The Bertz CT molecular complexity index is 1320. The highest BCUT2D eigenvalue weighted by Gasteiger charge is 2.44. The quantitative estimate of drug-likeness (QED) is 0.308. The SMILES string of the molecule is CCOc1ccc(NC(=O)CC2C(=O)N(c3cccc(C(F)(F)F)c3)C(=S)N2CCCc2ccccc2)cc1. The van der Waals surface area contributed by atoms with Gasteiger partial charge in [-0.3, -0.25) is 14.5 Å². The van der Waals surface area contributed by atoms with Crippen molar-refractivity contribution < 1.29 is 27.5 Å². The Morgan fingerprint density at radius 1 is 1.03 bits per heavy atom. The van der Waals surface area contributed by atoms with Gasteiger partial charge in [-0.15, -0.1) is 0 Å². The van der Waals surface area contributed by atoms with E-state index >= 15 is 0 Å². The lowest BCUT2D eigenvalue weighted by molar-refractivity contribution is -0.137. The molecule has 1 aliphatic rings. The Balaban J connectivity index is 1.53. The van der Waals surface area contributed by atoms with Gasteiger partial charge >= 0.3 is 6.18 Å². The van der Waals surface area contributed by atoms with Gasteiger partial charge in [0, 0.05) is 12.2 Å². The van der Waals surface area contributed by atoms with Crippen LogP contribution in [-0.4, -0.2) is 41.0 Å². The summed E-state index contributed by atoms with van der Waals surface area (Å²) >= 11 is 5.59. The fraction of sp³-hybridized carbons (Fsp3) is 0.276. The van der Waals surface area contributed by atoms with Crippen LogP contribution < -0.4 is 15.0 Å². The van der Waals surface area contributed by atoms with Crippen molar-refractivity contribution in [3.05, 3.63) is 90.0 Å². The molecule has 6 nitrogen and oxygen atoms in total. The predicted molar refractivity (Wildman–Crippen MR) is 148 cm³/mol. The number of anilines is 2. The van der Waals surface area contributed by atoms with E-state index in [9.17, 15) is 22.8 Å². The number of carbonyl (C=O) groups is 2. The minimum atomic E-state index is -4.58. The molecular formula is C29H28F3N3O3S. The number of amides is 2. The number of nitrogens with one attached hydrogen (secondary N) is 1. The van der Waals surface area contributed by atoms with Gasteiger partial charge in [-0.2, -0.15) is 13.2 Å². The summed E-state index contributed by atoms with van der Waals surface area (Å²) in [4.78, 5) is 29.3. The zero-order valence-corrected chi connectivity index (χ0v) is 22.1. The monoisotopic (exact) mass is 555 g/mol. The van der Waals surface area contributed by atoms with E-state index in [2.05, 4.69) is 5.32 Å². The lowest BCUT2D eigenvalue weighted by Gasteiger charge is -2.24. The molecule has 3 aromatic carbocycles. The number of benzene rings is 3. The molecule has 1 saturated heterocycles. The van der Waals surface area contributed by atoms with Crippen LogP contribution in [0.4, 0.5) is 24.5 Å². The molecule has 204 valence electrons. The molecule has 0 aromatic heterocycles. The van der Waals surface area contributed by atoms with Gasteiger partial charge in [0.15, 0.2) is 5.11 Å². The fourth-order valence-corrected chi connectivity index (χ4v) is 4.85. The molecule has 10 heteroatoms. The molecule has 0 spiro atoms. The molecule has 1 unspecified atom stereocenters. The first kappa shape index (κ1) is 28.1. The molecule has 0 saturated carbocycles. The first-order valence-corrected chi connectivity index (χ1v) is 13.0. The van der Waals surface area contributed by atoms with Crippen molar-refractivity contribution in [3.8, 4) is 5.75 Å². The van der Waals surface area contributed by atoms with Crippen LogP contribution in [0.3, 0.4) is 0 Å². The van der Waals surface area contributed by atoms with Crippen molar-refractivity contribution in [3.63, 3.8) is 0 Å². The molecule has 1 heterocycles. The van der Waals surface area contributed by atoms with Gasteiger partial charge in [-0.05, 0) is 80.0 Å². The Morgan fingerprint density at radius 2 is 1.74 bits per heavy atom. The molecule has 0 aliphatic carbocycles. The second-order valence-electron chi connectivity index (χ2n) is 9.01. The zero-order chi connectivity index (χ0) is 28.0. The average Bonchev–Trinajstić information content (AvgIpc) is 3.14. The Hall–Kier alpha value is -3.92. The average molecular weight is 556 g/mol. The van der Waals surface area contributed by atoms with Crippen molar-refractivity contribution in [2.45, 2.75) is 38.4 Å².